The minimum absolute atomic E-state index is 0.144. The molecule has 0 unspecified atom stereocenters. The number of carboxylic acids is 1. The van der Waals surface area contributed by atoms with Crippen molar-refractivity contribution in [3.63, 3.8) is 0 Å². The van der Waals surface area contributed by atoms with Crippen LogP contribution in [0, 0.1) is 6.92 Å². The summed E-state index contributed by atoms with van der Waals surface area (Å²) in [5.74, 6) is -0.768. The summed E-state index contributed by atoms with van der Waals surface area (Å²) in [6, 6.07) is 8.03. The van der Waals surface area contributed by atoms with Crippen LogP contribution in [0.2, 0.25) is 0 Å². The summed E-state index contributed by atoms with van der Waals surface area (Å²) in [5, 5.41) is 8.82. The first-order valence-corrected chi connectivity index (χ1v) is 6.23. The van der Waals surface area contributed by atoms with E-state index in [4.69, 9.17) is 5.11 Å². The van der Waals surface area contributed by atoms with Gasteiger partial charge in [0, 0.05) is 18.8 Å². The van der Waals surface area contributed by atoms with Gasteiger partial charge in [0.1, 0.15) is 0 Å². The number of hydrogen-bond donors (Lipinski definition) is 1. The molecule has 0 aliphatic carbocycles. The number of aryl methyl sites for hydroxylation is 1. The second-order valence-electron chi connectivity index (χ2n) is 4.46. The van der Waals surface area contributed by atoms with Crippen LogP contribution >= 0.6 is 0 Å². The van der Waals surface area contributed by atoms with Gasteiger partial charge in [0.2, 0.25) is 0 Å². The van der Waals surface area contributed by atoms with Crippen molar-refractivity contribution >= 4 is 11.7 Å². The first-order valence-electron chi connectivity index (χ1n) is 6.23. The summed E-state index contributed by atoms with van der Waals surface area (Å²) < 4.78 is 0. The molecule has 1 aromatic carbocycles. The third kappa shape index (κ3) is 4.24. The molecule has 0 radical (unpaired) electrons. The number of para-hydroxylation sites is 1. The normalized spacial score (nSPS) is 10.1. The Kier molecular flexibility index (Phi) is 5.43. The van der Waals surface area contributed by atoms with E-state index in [1.54, 1.807) is 0 Å². The van der Waals surface area contributed by atoms with E-state index in [9.17, 15) is 4.79 Å². The van der Waals surface area contributed by atoms with E-state index in [0.29, 0.717) is 13.1 Å². The predicted molar refractivity (Wildman–Crippen MR) is 75.1 cm³/mol. The molecule has 1 aromatic rings. The maximum Gasteiger partial charge on any atom is 0.305 e. The summed E-state index contributed by atoms with van der Waals surface area (Å²) in [7, 11) is 0. The molecule has 0 aliphatic heterocycles. The molecule has 0 fully saturated rings. The fraction of sp³-hybridized carbons (Fsp3) is 0.400. The minimum Gasteiger partial charge on any atom is -0.481 e. The highest BCUT2D eigenvalue weighted by Crippen LogP contribution is 2.21. The molecular formula is C15H21NO2. The Morgan fingerprint density at radius 3 is 2.61 bits per heavy atom. The number of aliphatic carboxylic acids is 1. The van der Waals surface area contributed by atoms with Gasteiger partial charge in [-0.2, -0.15) is 0 Å². The zero-order chi connectivity index (χ0) is 13.5. The zero-order valence-electron chi connectivity index (χ0n) is 11.1. The van der Waals surface area contributed by atoms with Gasteiger partial charge in [-0.25, -0.2) is 0 Å². The molecule has 0 aromatic heterocycles. The Bertz CT molecular complexity index is 426. The van der Waals surface area contributed by atoms with E-state index in [1.165, 1.54) is 0 Å². The number of hydrogen-bond acceptors (Lipinski definition) is 2. The lowest BCUT2D eigenvalue weighted by atomic mass is 10.1. The molecule has 1 rings (SSSR count). The second kappa shape index (κ2) is 6.84. The Balaban J connectivity index is 2.85. The fourth-order valence-corrected chi connectivity index (χ4v) is 1.82. The van der Waals surface area contributed by atoms with Gasteiger partial charge in [-0.05, 0) is 25.0 Å². The van der Waals surface area contributed by atoms with Gasteiger partial charge < -0.3 is 10.0 Å². The minimum atomic E-state index is -0.768. The molecule has 1 N–H and O–H groups in total. The van der Waals surface area contributed by atoms with Crippen molar-refractivity contribution in [2.24, 2.45) is 0 Å². The Morgan fingerprint density at radius 1 is 1.39 bits per heavy atom. The maximum atomic E-state index is 10.7. The van der Waals surface area contributed by atoms with Crippen molar-refractivity contribution in [2.75, 3.05) is 18.0 Å². The third-order valence-electron chi connectivity index (χ3n) is 2.97. The van der Waals surface area contributed by atoms with E-state index in [0.717, 1.165) is 23.2 Å². The lowest BCUT2D eigenvalue weighted by molar-refractivity contribution is -0.136. The van der Waals surface area contributed by atoms with Crippen LogP contribution < -0.4 is 4.90 Å². The van der Waals surface area contributed by atoms with Crippen LogP contribution in [0.25, 0.3) is 0 Å². The molecule has 0 aliphatic rings. The van der Waals surface area contributed by atoms with Crippen LogP contribution in [-0.2, 0) is 4.79 Å². The van der Waals surface area contributed by atoms with Gasteiger partial charge in [0.15, 0.2) is 0 Å². The van der Waals surface area contributed by atoms with Crippen LogP contribution in [-0.4, -0.2) is 24.2 Å². The monoisotopic (exact) mass is 247 g/mol. The quantitative estimate of drug-likeness (QED) is 0.752. The molecule has 18 heavy (non-hydrogen) atoms. The third-order valence-corrected chi connectivity index (χ3v) is 2.97. The first-order chi connectivity index (χ1) is 8.54. The first kappa shape index (κ1) is 14.3. The average Bonchev–Trinajstić information content (AvgIpc) is 2.34. The maximum absolute atomic E-state index is 10.7. The molecule has 3 heteroatoms. The van der Waals surface area contributed by atoms with Crippen molar-refractivity contribution < 1.29 is 9.90 Å². The molecule has 0 amide bonds. The van der Waals surface area contributed by atoms with Crippen molar-refractivity contribution in [1.29, 1.82) is 0 Å². The number of anilines is 1. The highest BCUT2D eigenvalue weighted by Gasteiger charge is 2.11. The van der Waals surface area contributed by atoms with Crippen molar-refractivity contribution in [3.8, 4) is 0 Å². The molecular weight excluding hydrogens is 226 g/mol. The van der Waals surface area contributed by atoms with Crippen LogP contribution in [0.5, 0.6) is 0 Å². The molecule has 98 valence electrons. The summed E-state index contributed by atoms with van der Waals surface area (Å²) >= 11 is 0. The molecule has 0 saturated heterocycles. The Morgan fingerprint density at radius 2 is 2.06 bits per heavy atom. The number of nitrogens with zero attached hydrogens (tertiary/aromatic N) is 1. The van der Waals surface area contributed by atoms with Gasteiger partial charge in [-0.3, -0.25) is 4.79 Å². The fourth-order valence-electron chi connectivity index (χ4n) is 1.82. The molecule has 0 spiro atoms. The van der Waals surface area contributed by atoms with Crippen LogP contribution in [0.3, 0.4) is 0 Å². The van der Waals surface area contributed by atoms with Gasteiger partial charge in [0.25, 0.3) is 0 Å². The van der Waals surface area contributed by atoms with E-state index in [1.807, 2.05) is 31.2 Å². The van der Waals surface area contributed by atoms with E-state index < -0.39 is 5.97 Å². The van der Waals surface area contributed by atoms with Crippen LogP contribution in [0.4, 0.5) is 5.69 Å². The van der Waals surface area contributed by atoms with Crippen molar-refractivity contribution in [1.82, 2.24) is 0 Å². The molecule has 0 heterocycles. The van der Waals surface area contributed by atoms with Crippen molar-refractivity contribution in [2.45, 2.75) is 26.7 Å². The SMILES string of the molecule is C=C(CC)CN(CCC(=O)O)c1ccccc1C. The van der Waals surface area contributed by atoms with Crippen molar-refractivity contribution in [3.05, 3.63) is 42.0 Å². The van der Waals surface area contributed by atoms with Gasteiger partial charge >= 0.3 is 5.97 Å². The predicted octanol–water partition coefficient (Wildman–Crippen LogP) is 3.24. The summed E-state index contributed by atoms with van der Waals surface area (Å²) in [6.07, 6.45) is 1.06. The number of carboxylic acid groups (broad SMARTS) is 1. The number of carbonyl (C=O) groups is 1. The topological polar surface area (TPSA) is 40.5 Å². The Labute approximate surface area is 109 Å². The summed E-state index contributed by atoms with van der Waals surface area (Å²) in [4.78, 5) is 12.8. The van der Waals surface area contributed by atoms with Gasteiger partial charge in [-0.1, -0.05) is 37.3 Å². The largest absolute Gasteiger partial charge is 0.481 e. The molecule has 0 atom stereocenters. The van der Waals surface area contributed by atoms with Crippen LogP contribution in [0.15, 0.2) is 36.4 Å². The smallest absolute Gasteiger partial charge is 0.305 e. The zero-order valence-corrected chi connectivity index (χ0v) is 11.1. The van der Waals surface area contributed by atoms with E-state index in [-0.39, 0.29) is 6.42 Å². The lowest BCUT2D eigenvalue weighted by Crippen LogP contribution is -2.28. The van der Waals surface area contributed by atoms with Gasteiger partial charge in [-0.15, -0.1) is 0 Å². The number of rotatable bonds is 7. The highest BCUT2D eigenvalue weighted by atomic mass is 16.4. The average molecular weight is 247 g/mol. The lowest BCUT2D eigenvalue weighted by Gasteiger charge is -2.26. The molecule has 0 saturated carbocycles. The van der Waals surface area contributed by atoms with Gasteiger partial charge in [0.05, 0.1) is 6.42 Å². The summed E-state index contributed by atoms with van der Waals surface area (Å²) in [5.41, 5.74) is 3.36. The molecule has 0 bridgehead atoms. The van der Waals surface area contributed by atoms with E-state index >= 15 is 0 Å². The summed E-state index contributed by atoms with van der Waals surface area (Å²) in [6.45, 7) is 9.34. The van der Waals surface area contributed by atoms with Crippen LogP contribution in [0.1, 0.15) is 25.3 Å². The highest BCUT2D eigenvalue weighted by molar-refractivity contribution is 5.68. The Hall–Kier alpha value is -1.77. The molecule has 3 nitrogen and oxygen atoms in total. The second-order valence-corrected chi connectivity index (χ2v) is 4.46. The van der Waals surface area contributed by atoms with E-state index in [2.05, 4.69) is 18.4 Å². The standard InChI is InChI=1S/C15H21NO2/c1-4-12(2)11-16(10-9-15(17)18)14-8-6-5-7-13(14)3/h5-8H,2,4,9-11H2,1,3H3,(H,17,18). The number of benzene rings is 1.